The van der Waals surface area contributed by atoms with E-state index in [1.807, 2.05) is 30.3 Å². The fourth-order valence-electron chi connectivity index (χ4n) is 5.71. The van der Waals surface area contributed by atoms with Crippen LogP contribution in [0, 0.1) is 0 Å². The largest absolute Gasteiger partial charge is 0.494 e. The van der Waals surface area contributed by atoms with Gasteiger partial charge in [-0.15, -0.1) is 0 Å². The molecule has 2 aromatic carbocycles. The quantitative estimate of drug-likeness (QED) is 0.319. The van der Waals surface area contributed by atoms with Crippen LogP contribution in [-0.4, -0.2) is 54.0 Å². The molecule has 5 heteroatoms. The summed E-state index contributed by atoms with van der Waals surface area (Å²) in [5, 5.41) is 9.81. The predicted molar refractivity (Wildman–Crippen MR) is 129 cm³/mol. The van der Waals surface area contributed by atoms with Gasteiger partial charge in [-0.2, -0.15) is 0 Å². The van der Waals surface area contributed by atoms with Crippen molar-refractivity contribution in [3.8, 4) is 5.75 Å². The zero-order valence-corrected chi connectivity index (χ0v) is 20.0. The van der Waals surface area contributed by atoms with E-state index in [2.05, 4.69) is 38.2 Å². The maximum absolute atomic E-state index is 12.9. The maximum atomic E-state index is 12.9. The van der Waals surface area contributed by atoms with Crippen molar-refractivity contribution in [3.63, 3.8) is 0 Å². The number of piperidine rings is 1. The number of carbonyl (C=O) groups excluding carboxylic acids is 1. The lowest BCUT2D eigenvalue weighted by atomic mass is 9.95. The fourth-order valence-corrected chi connectivity index (χ4v) is 5.71. The number of hydrogen-bond acceptors (Lipinski definition) is 4. The third kappa shape index (κ3) is 5.42. The number of rotatable bonds is 10. The molecule has 0 aliphatic carbocycles. The molecule has 2 aromatic rings. The van der Waals surface area contributed by atoms with Gasteiger partial charge in [0, 0.05) is 31.2 Å². The second kappa shape index (κ2) is 10.7. The molecule has 0 aromatic heterocycles. The summed E-state index contributed by atoms with van der Waals surface area (Å²) in [7, 11) is 2.37. The molecule has 33 heavy (non-hydrogen) atoms. The van der Waals surface area contributed by atoms with E-state index in [4.69, 9.17) is 9.47 Å². The smallest absolute Gasteiger partial charge is 0.316 e. The Hall–Kier alpha value is -2.37. The molecule has 2 heterocycles. The minimum atomic E-state index is -0.607. The summed E-state index contributed by atoms with van der Waals surface area (Å²) in [5.74, 6) is 0.0351. The van der Waals surface area contributed by atoms with Crippen LogP contribution in [0.4, 0.5) is 0 Å². The number of unbranched alkanes of at least 4 members (excludes halogenated alkanes) is 1. The second-order valence-corrected chi connectivity index (χ2v) is 9.91. The van der Waals surface area contributed by atoms with Crippen molar-refractivity contribution in [1.29, 1.82) is 0 Å². The zero-order valence-electron chi connectivity index (χ0n) is 20.0. The molecule has 2 fully saturated rings. The molecule has 4 rings (SSSR count). The molecule has 0 radical (unpaired) electrons. The second-order valence-electron chi connectivity index (χ2n) is 9.91. The number of aliphatic hydroxyl groups is 1. The molecule has 2 aliphatic heterocycles. The predicted octanol–water partition coefficient (Wildman–Crippen LogP) is 4.82. The number of carbonyl (C=O) groups is 1. The van der Waals surface area contributed by atoms with E-state index in [-0.39, 0.29) is 18.7 Å². The van der Waals surface area contributed by atoms with Gasteiger partial charge in [0.2, 0.25) is 0 Å². The van der Waals surface area contributed by atoms with Gasteiger partial charge in [-0.3, -0.25) is 4.79 Å². The monoisotopic (exact) mass is 452 g/mol. The van der Waals surface area contributed by atoms with Crippen LogP contribution in [0.5, 0.6) is 5.75 Å². The molecule has 2 unspecified atom stereocenters. The first kappa shape index (κ1) is 23.8. The summed E-state index contributed by atoms with van der Waals surface area (Å²) in [6, 6.07) is 19.0. The van der Waals surface area contributed by atoms with Crippen molar-refractivity contribution < 1.29 is 23.9 Å². The number of quaternary nitrogens is 1. The van der Waals surface area contributed by atoms with Crippen molar-refractivity contribution in [2.24, 2.45) is 0 Å². The van der Waals surface area contributed by atoms with Crippen molar-refractivity contribution in [2.75, 3.05) is 20.3 Å². The molecule has 0 saturated carbocycles. The number of esters is 1. The Kier molecular flexibility index (Phi) is 7.71. The first-order valence-corrected chi connectivity index (χ1v) is 12.5. The van der Waals surface area contributed by atoms with Gasteiger partial charge in [0.25, 0.3) is 0 Å². The lowest BCUT2D eigenvalue weighted by molar-refractivity contribution is -0.961. The SMILES string of the molecule is CCCCOc1ccc(C[N+]2(C)C3CCC2CC(OC(=O)[C@H](CO)c2ccccc2)C3)cc1. The van der Waals surface area contributed by atoms with Gasteiger partial charge < -0.3 is 19.1 Å². The van der Waals surface area contributed by atoms with E-state index in [0.717, 1.165) is 54.6 Å². The Morgan fingerprint density at radius 2 is 1.73 bits per heavy atom. The summed E-state index contributed by atoms with van der Waals surface area (Å²) in [5.41, 5.74) is 2.14. The van der Waals surface area contributed by atoms with E-state index in [1.54, 1.807) is 0 Å². The number of hydrogen-bond donors (Lipinski definition) is 1. The number of nitrogens with zero attached hydrogens (tertiary/aromatic N) is 1. The topological polar surface area (TPSA) is 55.8 Å². The Bertz CT molecular complexity index is 884. The minimum Gasteiger partial charge on any atom is -0.494 e. The molecule has 0 amide bonds. The lowest BCUT2D eigenvalue weighted by Crippen LogP contribution is -2.58. The summed E-state index contributed by atoms with van der Waals surface area (Å²) in [6.45, 7) is 3.71. The van der Waals surface area contributed by atoms with Crippen molar-refractivity contribution in [3.05, 3.63) is 65.7 Å². The van der Waals surface area contributed by atoms with Gasteiger partial charge >= 0.3 is 5.97 Å². The summed E-state index contributed by atoms with van der Waals surface area (Å²) >= 11 is 0. The summed E-state index contributed by atoms with van der Waals surface area (Å²) < 4.78 is 12.8. The average Bonchev–Trinajstić information content (AvgIpc) is 2.98. The van der Waals surface area contributed by atoms with Crippen LogP contribution in [0.2, 0.25) is 0 Å². The normalized spacial score (nSPS) is 27.2. The molecule has 2 saturated heterocycles. The first-order chi connectivity index (χ1) is 16.0. The van der Waals surface area contributed by atoms with Crippen LogP contribution in [0.3, 0.4) is 0 Å². The van der Waals surface area contributed by atoms with Crippen molar-refractivity contribution in [2.45, 2.75) is 76.1 Å². The average molecular weight is 453 g/mol. The number of fused-ring (bicyclic) bond motifs is 2. The van der Waals surface area contributed by atoms with Crippen LogP contribution in [0.25, 0.3) is 0 Å². The van der Waals surface area contributed by atoms with E-state index >= 15 is 0 Å². The van der Waals surface area contributed by atoms with E-state index < -0.39 is 5.92 Å². The van der Waals surface area contributed by atoms with E-state index in [9.17, 15) is 9.90 Å². The third-order valence-electron chi connectivity index (χ3n) is 7.74. The molecule has 1 N–H and O–H groups in total. The number of ether oxygens (including phenoxy) is 2. The molecular weight excluding hydrogens is 414 g/mol. The summed E-state index contributed by atoms with van der Waals surface area (Å²) in [4.78, 5) is 12.9. The number of benzene rings is 2. The lowest BCUT2D eigenvalue weighted by Gasteiger charge is -2.47. The van der Waals surface area contributed by atoms with Gasteiger partial charge in [0.15, 0.2) is 0 Å². The van der Waals surface area contributed by atoms with Crippen LogP contribution in [0.1, 0.15) is 62.5 Å². The van der Waals surface area contributed by atoms with Gasteiger partial charge in [0.1, 0.15) is 24.3 Å². The van der Waals surface area contributed by atoms with Gasteiger partial charge in [-0.1, -0.05) is 43.7 Å². The Morgan fingerprint density at radius 3 is 2.33 bits per heavy atom. The summed E-state index contributed by atoms with van der Waals surface area (Å²) in [6.07, 6.45) is 6.29. The first-order valence-electron chi connectivity index (χ1n) is 12.5. The van der Waals surface area contributed by atoms with Crippen molar-refractivity contribution in [1.82, 2.24) is 0 Å². The highest BCUT2D eigenvalue weighted by molar-refractivity contribution is 5.78. The Morgan fingerprint density at radius 1 is 1.06 bits per heavy atom. The Labute approximate surface area is 197 Å². The highest BCUT2D eigenvalue weighted by atomic mass is 16.5. The van der Waals surface area contributed by atoms with E-state index in [0.29, 0.717) is 12.1 Å². The molecule has 3 atom stereocenters. The van der Waals surface area contributed by atoms with E-state index in [1.165, 1.54) is 18.4 Å². The minimum absolute atomic E-state index is 0.0618. The molecule has 5 nitrogen and oxygen atoms in total. The standard InChI is InChI=1S/C28H38NO4/c1-3-4-16-32-25-14-10-21(11-15-25)19-29(2)23-12-13-24(29)18-26(17-23)33-28(31)27(20-30)22-8-6-5-7-9-22/h5-11,14-15,23-24,26-27,30H,3-4,12-13,16-20H2,1-2H3/q+1/t23?,24?,26?,27-,29?/m1/s1. The van der Waals surface area contributed by atoms with Crippen molar-refractivity contribution >= 4 is 5.97 Å². The van der Waals surface area contributed by atoms with Crippen LogP contribution in [-0.2, 0) is 16.1 Å². The van der Waals surface area contributed by atoms with Crippen LogP contribution < -0.4 is 4.74 Å². The highest BCUT2D eigenvalue weighted by Crippen LogP contribution is 2.43. The third-order valence-corrected chi connectivity index (χ3v) is 7.74. The van der Waals surface area contributed by atoms with Crippen LogP contribution in [0.15, 0.2) is 54.6 Å². The van der Waals surface area contributed by atoms with Gasteiger partial charge in [0.05, 0.1) is 32.3 Å². The molecule has 2 aliphatic rings. The molecule has 0 spiro atoms. The maximum Gasteiger partial charge on any atom is 0.316 e. The molecule has 178 valence electrons. The van der Waals surface area contributed by atoms with Gasteiger partial charge in [-0.05, 0) is 36.2 Å². The fraction of sp³-hybridized carbons (Fsp3) is 0.536. The molecular formula is C28H38NO4+. The van der Waals surface area contributed by atoms with Crippen LogP contribution >= 0.6 is 0 Å². The molecule has 2 bridgehead atoms. The zero-order chi connectivity index (χ0) is 23.3. The van der Waals surface area contributed by atoms with Gasteiger partial charge in [-0.25, -0.2) is 0 Å². The number of aliphatic hydroxyl groups excluding tert-OH is 1. The highest BCUT2D eigenvalue weighted by Gasteiger charge is 2.52. The Balaban J connectivity index is 1.36.